The number of benzene rings is 1. The maximum Gasteiger partial charge on any atom is 0.119 e. The van der Waals surface area contributed by atoms with Crippen molar-refractivity contribution < 1.29 is 5.11 Å². The summed E-state index contributed by atoms with van der Waals surface area (Å²) in [6.45, 7) is 2.66. The zero-order valence-electron chi connectivity index (χ0n) is 7.38. The summed E-state index contributed by atoms with van der Waals surface area (Å²) in [6.07, 6.45) is 1.70. The van der Waals surface area contributed by atoms with Gasteiger partial charge in [-0.05, 0) is 36.6 Å². The molecule has 0 spiro atoms. The Bertz CT molecular complexity index is 258. The number of rotatable bonds is 3. The number of phenolic OH excluding ortho intramolecular Hbond substituents is 1. The van der Waals surface area contributed by atoms with Crippen LogP contribution in [0.25, 0.3) is 0 Å². The van der Waals surface area contributed by atoms with Gasteiger partial charge < -0.3 is 10.8 Å². The van der Waals surface area contributed by atoms with Crippen LogP contribution >= 0.6 is 0 Å². The standard InChI is InChI=1S/C10H15NO/c1-2-9-4-3-8(5-6-11)7-10(9)12/h3-4,7,12H,2,5-6,11H2,1H3. The SMILES string of the molecule is CCc1ccc(CCN)cc1O. The Morgan fingerprint density at radius 3 is 2.67 bits per heavy atom. The Labute approximate surface area is 73.0 Å². The molecule has 66 valence electrons. The predicted octanol–water partition coefficient (Wildman–Crippen LogP) is 1.46. The molecule has 0 aliphatic carbocycles. The van der Waals surface area contributed by atoms with Crippen molar-refractivity contribution in [2.45, 2.75) is 19.8 Å². The first-order valence-corrected chi connectivity index (χ1v) is 4.28. The fourth-order valence-electron chi connectivity index (χ4n) is 1.23. The van der Waals surface area contributed by atoms with Crippen molar-refractivity contribution >= 4 is 0 Å². The second-order valence-corrected chi connectivity index (χ2v) is 2.86. The second kappa shape index (κ2) is 4.12. The predicted molar refractivity (Wildman–Crippen MR) is 50.2 cm³/mol. The Kier molecular flexibility index (Phi) is 3.11. The zero-order valence-corrected chi connectivity index (χ0v) is 7.38. The molecular formula is C10H15NO. The van der Waals surface area contributed by atoms with Gasteiger partial charge in [0.05, 0.1) is 0 Å². The lowest BCUT2D eigenvalue weighted by molar-refractivity contribution is 0.468. The van der Waals surface area contributed by atoms with Crippen molar-refractivity contribution in [3.63, 3.8) is 0 Å². The van der Waals surface area contributed by atoms with E-state index in [-0.39, 0.29) is 0 Å². The Morgan fingerprint density at radius 2 is 2.17 bits per heavy atom. The van der Waals surface area contributed by atoms with Crippen LogP contribution in [0.2, 0.25) is 0 Å². The Morgan fingerprint density at radius 1 is 1.42 bits per heavy atom. The average Bonchev–Trinajstić information content (AvgIpc) is 2.05. The van der Waals surface area contributed by atoms with Gasteiger partial charge in [-0.2, -0.15) is 0 Å². The van der Waals surface area contributed by atoms with Crippen LogP contribution in [0.5, 0.6) is 5.75 Å². The summed E-state index contributed by atoms with van der Waals surface area (Å²) in [5.41, 5.74) is 7.50. The zero-order chi connectivity index (χ0) is 8.97. The average molecular weight is 165 g/mol. The lowest BCUT2D eigenvalue weighted by atomic mass is 10.1. The van der Waals surface area contributed by atoms with Crippen LogP contribution in [0, 0.1) is 0 Å². The molecule has 2 nitrogen and oxygen atoms in total. The molecule has 3 N–H and O–H groups in total. The van der Waals surface area contributed by atoms with Crippen molar-refractivity contribution in [2.75, 3.05) is 6.54 Å². The monoisotopic (exact) mass is 165 g/mol. The highest BCUT2D eigenvalue weighted by Crippen LogP contribution is 2.19. The third-order valence-electron chi connectivity index (χ3n) is 1.96. The van der Waals surface area contributed by atoms with Crippen LogP contribution in [0.15, 0.2) is 18.2 Å². The van der Waals surface area contributed by atoms with Gasteiger partial charge in [-0.25, -0.2) is 0 Å². The van der Waals surface area contributed by atoms with Gasteiger partial charge in [0.1, 0.15) is 5.75 Å². The van der Waals surface area contributed by atoms with E-state index in [2.05, 4.69) is 0 Å². The number of aromatic hydroxyl groups is 1. The molecule has 0 radical (unpaired) electrons. The highest BCUT2D eigenvalue weighted by Gasteiger charge is 1.99. The molecule has 12 heavy (non-hydrogen) atoms. The van der Waals surface area contributed by atoms with Crippen molar-refractivity contribution in [3.8, 4) is 5.75 Å². The second-order valence-electron chi connectivity index (χ2n) is 2.86. The maximum atomic E-state index is 9.48. The summed E-state index contributed by atoms with van der Waals surface area (Å²) in [6, 6.07) is 5.78. The fraction of sp³-hybridized carbons (Fsp3) is 0.400. The van der Waals surface area contributed by atoms with E-state index in [1.165, 1.54) is 0 Å². The normalized spacial score (nSPS) is 10.2. The molecule has 0 heterocycles. The Balaban J connectivity index is 2.86. The highest BCUT2D eigenvalue weighted by molar-refractivity contribution is 5.36. The van der Waals surface area contributed by atoms with Gasteiger partial charge in [-0.3, -0.25) is 0 Å². The molecule has 0 unspecified atom stereocenters. The topological polar surface area (TPSA) is 46.2 Å². The molecule has 0 saturated carbocycles. The molecule has 0 aliphatic heterocycles. The lowest BCUT2D eigenvalue weighted by Gasteiger charge is -2.03. The van der Waals surface area contributed by atoms with Gasteiger partial charge >= 0.3 is 0 Å². The molecule has 0 atom stereocenters. The van der Waals surface area contributed by atoms with Gasteiger partial charge in [0.2, 0.25) is 0 Å². The molecule has 0 bridgehead atoms. The van der Waals surface area contributed by atoms with Crippen molar-refractivity contribution in [2.24, 2.45) is 5.73 Å². The molecule has 0 aromatic heterocycles. The van der Waals surface area contributed by atoms with Crippen LogP contribution in [-0.2, 0) is 12.8 Å². The fourth-order valence-corrected chi connectivity index (χ4v) is 1.23. The van der Waals surface area contributed by atoms with E-state index < -0.39 is 0 Å². The van der Waals surface area contributed by atoms with E-state index in [4.69, 9.17) is 5.73 Å². The molecule has 1 rings (SSSR count). The van der Waals surface area contributed by atoms with E-state index in [0.29, 0.717) is 12.3 Å². The third kappa shape index (κ3) is 1.98. The minimum atomic E-state index is 0.392. The molecule has 0 fully saturated rings. The van der Waals surface area contributed by atoms with Crippen molar-refractivity contribution in [1.29, 1.82) is 0 Å². The number of nitrogens with two attached hydrogens (primary N) is 1. The molecule has 1 aromatic carbocycles. The van der Waals surface area contributed by atoms with Gasteiger partial charge in [-0.15, -0.1) is 0 Å². The molecular weight excluding hydrogens is 150 g/mol. The summed E-state index contributed by atoms with van der Waals surface area (Å²) in [4.78, 5) is 0. The molecule has 0 amide bonds. The lowest BCUT2D eigenvalue weighted by Crippen LogP contribution is -2.02. The first-order valence-electron chi connectivity index (χ1n) is 4.28. The third-order valence-corrected chi connectivity index (χ3v) is 1.96. The number of aryl methyl sites for hydroxylation is 1. The number of phenols is 1. The van der Waals surface area contributed by atoms with E-state index in [9.17, 15) is 5.11 Å². The van der Waals surface area contributed by atoms with Crippen LogP contribution in [0.1, 0.15) is 18.1 Å². The summed E-state index contributed by atoms with van der Waals surface area (Å²) in [5, 5.41) is 9.48. The van der Waals surface area contributed by atoms with Crippen molar-refractivity contribution in [1.82, 2.24) is 0 Å². The smallest absolute Gasteiger partial charge is 0.119 e. The summed E-state index contributed by atoms with van der Waals surface area (Å²) in [7, 11) is 0. The summed E-state index contributed by atoms with van der Waals surface area (Å²) < 4.78 is 0. The van der Waals surface area contributed by atoms with E-state index in [1.807, 2.05) is 19.1 Å². The van der Waals surface area contributed by atoms with Crippen LogP contribution < -0.4 is 5.73 Å². The largest absolute Gasteiger partial charge is 0.508 e. The van der Waals surface area contributed by atoms with Gasteiger partial charge in [0.15, 0.2) is 0 Å². The number of hydrogen-bond donors (Lipinski definition) is 2. The molecule has 2 heteroatoms. The molecule has 0 aliphatic rings. The highest BCUT2D eigenvalue weighted by atomic mass is 16.3. The molecule has 1 aromatic rings. The summed E-state index contributed by atoms with van der Waals surface area (Å²) >= 11 is 0. The van der Waals surface area contributed by atoms with Gasteiger partial charge in [0.25, 0.3) is 0 Å². The first kappa shape index (κ1) is 9.07. The van der Waals surface area contributed by atoms with Crippen LogP contribution in [-0.4, -0.2) is 11.7 Å². The van der Waals surface area contributed by atoms with E-state index in [1.54, 1.807) is 6.07 Å². The minimum Gasteiger partial charge on any atom is -0.508 e. The molecule has 0 saturated heterocycles. The Hall–Kier alpha value is -1.02. The summed E-state index contributed by atoms with van der Waals surface area (Å²) in [5.74, 6) is 0.392. The first-order chi connectivity index (χ1) is 5.77. The number of hydrogen-bond acceptors (Lipinski definition) is 2. The van der Waals surface area contributed by atoms with E-state index in [0.717, 1.165) is 24.0 Å². The minimum absolute atomic E-state index is 0.392. The van der Waals surface area contributed by atoms with Crippen molar-refractivity contribution in [3.05, 3.63) is 29.3 Å². The van der Waals surface area contributed by atoms with Crippen LogP contribution in [0.3, 0.4) is 0 Å². The quantitative estimate of drug-likeness (QED) is 0.712. The van der Waals surface area contributed by atoms with Crippen LogP contribution in [0.4, 0.5) is 0 Å². The van der Waals surface area contributed by atoms with Gasteiger partial charge in [0, 0.05) is 0 Å². The van der Waals surface area contributed by atoms with E-state index >= 15 is 0 Å². The maximum absolute atomic E-state index is 9.48. The van der Waals surface area contributed by atoms with Gasteiger partial charge in [-0.1, -0.05) is 19.1 Å².